The van der Waals surface area contributed by atoms with Crippen molar-refractivity contribution in [3.63, 3.8) is 0 Å². The number of nitrogens with zero attached hydrogens (tertiary/aromatic N) is 1. The molecule has 0 aromatic carbocycles. The Bertz CT molecular complexity index is 441. The largest absolute Gasteiger partial charge is 0.444 e. The summed E-state index contributed by atoms with van der Waals surface area (Å²) in [6.45, 7) is 10.9. The number of carbonyl (C=O) groups excluding carboxylic acids is 3. The highest BCUT2D eigenvalue weighted by molar-refractivity contribution is 5.85. The van der Waals surface area contributed by atoms with Crippen molar-refractivity contribution in [2.75, 3.05) is 13.6 Å². The summed E-state index contributed by atoms with van der Waals surface area (Å²) < 4.78 is 5.23. The average molecular weight is 340 g/mol. The summed E-state index contributed by atoms with van der Waals surface area (Å²) in [6.07, 6.45) is 4.48. The number of unbranched alkanes of at least 4 members (excludes halogenated alkanes) is 2. The van der Waals surface area contributed by atoms with Crippen LogP contribution < -0.4 is 5.32 Å². The van der Waals surface area contributed by atoms with E-state index in [1.165, 1.54) is 4.90 Å². The minimum atomic E-state index is -0.637. The third-order valence-corrected chi connectivity index (χ3v) is 3.29. The molecule has 0 aromatic heterocycles. The summed E-state index contributed by atoms with van der Waals surface area (Å²) in [7, 11) is 1.67. The normalized spacial score (nSPS) is 12.2. The first-order valence-electron chi connectivity index (χ1n) is 8.41. The molecule has 0 saturated heterocycles. The lowest BCUT2D eigenvalue weighted by Gasteiger charge is -2.26. The van der Waals surface area contributed by atoms with Gasteiger partial charge in [0.15, 0.2) is 0 Å². The summed E-state index contributed by atoms with van der Waals surface area (Å²) in [5.74, 6) is -0.00690. The molecule has 1 N–H and O–H groups in total. The maximum Gasteiger partial charge on any atom is 0.408 e. The minimum absolute atomic E-state index is 0.167. The molecule has 1 atom stereocenters. The first-order valence-corrected chi connectivity index (χ1v) is 8.41. The van der Waals surface area contributed by atoms with Crippen molar-refractivity contribution in [1.29, 1.82) is 0 Å². The topological polar surface area (TPSA) is 75.7 Å². The lowest BCUT2D eigenvalue weighted by molar-refractivity contribution is -0.131. The molecule has 0 heterocycles. The standard InChI is InChI=1S/C18H32N2O4/c1-7-13-20(6)16(22)15(12-10-8-9-11-14(2)21)19-17(23)24-18(3,4)5/h7,15H,1,8-13H2,2-6H3,(H,19,23). The van der Waals surface area contributed by atoms with Gasteiger partial charge in [-0.3, -0.25) is 4.79 Å². The lowest BCUT2D eigenvalue weighted by Crippen LogP contribution is -2.48. The Balaban J connectivity index is 4.64. The number of nitrogens with one attached hydrogen (secondary N) is 1. The number of ketones is 1. The van der Waals surface area contributed by atoms with E-state index in [9.17, 15) is 14.4 Å². The van der Waals surface area contributed by atoms with Gasteiger partial charge in [-0.05, 0) is 40.5 Å². The number of alkyl carbamates (subject to hydrolysis) is 1. The van der Waals surface area contributed by atoms with Crippen LogP contribution in [0.4, 0.5) is 4.79 Å². The predicted molar refractivity (Wildman–Crippen MR) is 94.8 cm³/mol. The molecule has 0 fully saturated rings. The fourth-order valence-electron chi connectivity index (χ4n) is 2.16. The molecule has 0 aliphatic carbocycles. The fraction of sp³-hybridized carbons (Fsp3) is 0.722. The molecule has 24 heavy (non-hydrogen) atoms. The fourth-order valence-corrected chi connectivity index (χ4v) is 2.16. The second-order valence-electron chi connectivity index (χ2n) is 7.01. The highest BCUT2D eigenvalue weighted by Gasteiger charge is 2.25. The van der Waals surface area contributed by atoms with E-state index >= 15 is 0 Å². The van der Waals surface area contributed by atoms with Crippen molar-refractivity contribution in [1.82, 2.24) is 10.2 Å². The van der Waals surface area contributed by atoms with Crippen molar-refractivity contribution >= 4 is 17.8 Å². The molecule has 138 valence electrons. The van der Waals surface area contributed by atoms with Crippen molar-refractivity contribution in [2.45, 2.75) is 71.4 Å². The molecule has 0 aromatic rings. The number of Topliss-reactive ketones (excluding diaryl/α,β-unsaturated/α-hetero) is 1. The number of ether oxygens (including phenoxy) is 1. The van der Waals surface area contributed by atoms with Crippen LogP contribution in [-0.2, 0) is 14.3 Å². The molecule has 0 bridgehead atoms. The van der Waals surface area contributed by atoms with Crippen LogP contribution in [0.15, 0.2) is 12.7 Å². The first kappa shape index (κ1) is 22.1. The average Bonchev–Trinajstić information content (AvgIpc) is 2.42. The molecular formula is C18H32N2O4. The number of likely N-dealkylation sites (N-methyl/N-ethyl adjacent to an activating group) is 1. The maximum atomic E-state index is 12.5. The third-order valence-electron chi connectivity index (χ3n) is 3.29. The van der Waals surface area contributed by atoms with Gasteiger partial charge in [-0.2, -0.15) is 0 Å². The van der Waals surface area contributed by atoms with Crippen LogP contribution in [0.1, 0.15) is 59.8 Å². The predicted octanol–water partition coefficient (Wildman–Crippen LogP) is 3.06. The van der Waals surface area contributed by atoms with Crippen LogP contribution >= 0.6 is 0 Å². The van der Waals surface area contributed by atoms with Gasteiger partial charge in [-0.15, -0.1) is 6.58 Å². The number of hydrogen-bond donors (Lipinski definition) is 1. The van der Waals surface area contributed by atoms with Gasteiger partial charge in [-0.25, -0.2) is 4.79 Å². The van der Waals surface area contributed by atoms with Crippen LogP contribution in [0.2, 0.25) is 0 Å². The SMILES string of the molecule is C=CCN(C)C(=O)C(CCCCCC(C)=O)NC(=O)OC(C)(C)C. The van der Waals surface area contributed by atoms with E-state index in [1.54, 1.807) is 40.8 Å². The van der Waals surface area contributed by atoms with Gasteiger partial charge in [0, 0.05) is 20.0 Å². The molecule has 6 heteroatoms. The van der Waals surface area contributed by atoms with Crippen molar-refractivity contribution < 1.29 is 19.1 Å². The molecule has 6 nitrogen and oxygen atoms in total. The summed E-state index contributed by atoms with van der Waals surface area (Å²) in [4.78, 5) is 36.9. The van der Waals surface area contributed by atoms with Gasteiger partial charge in [0.2, 0.25) is 5.91 Å². The van der Waals surface area contributed by atoms with E-state index in [0.29, 0.717) is 19.4 Å². The number of hydrogen-bond acceptors (Lipinski definition) is 4. The Labute approximate surface area is 145 Å². The Morgan fingerprint density at radius 1 is 1.21 bits per heavy atom. The van der Waals surface area contributed by atoms with Crippen LogP contribution in [-0.4, -0.2) is 47.9 Å². The summed E-state index contributed by atoms with van der Waals surface area (Å²) in [5.41, 5.74) is -0.619. The number of rotatable bonds is 10. The highest BCUT2D eigenvalue weighted by atomic mass is 16.6. The van der Waals surface area contributed by atoms with Crippen molar-refractivity contribution in [2.24, 2.45) is 0 Å². The first-order chi connectivity index (χ1) is 11.1. The summed E-state index contributed by atoms with van der Waals surface area (Å²) >= 11 is 0. The van der Waals surface area contributed by atoms with Gasteiger partial charge in [-0.1, -0.05) is 18.9 Å². The molecule has 0 radical (unpaired) electrons. The lowest BCUT2D eigenvalue weighted by atomic mass is 10.1. The number of amides is 2. The van der Waals surface area contributed by atoms with Crippen LogP contribution in [0.3, 0.4) is 0 Å². The monoisotopic (exact) mass is 340 g/mol. The molecule has 0 aliphatic rings. The van der Waals surface area contributed by atoms with Gasteiger partial charge < -0.3 is 19.7 Å². The zero-order chi connectivity index (χ0) is 18.8. The zero-order valence-electron chi connectivity index (χ0n) is 15.7. The molecule has 0 saturated carbocycles. The van der Waals surface area contributed by atoms with E-state index in [1.807, 2.05) is 0 Å². The quantitative estimate of drug-likeness (QED) is 0.490. The molecule has 0 spiro atoms. The van der Waals surface area contributed by atoms with Crippen molar-refractivity contribution in [3.05, 3.63) is 12.7 Å². The van der Waals surface area contributed by atoms with Crippen LogP contribution in [0.25, 0.3) is 0 Å². The molecule has 0 rings (SSSR count). The highest BCUT2D eigenvalue weighted by Crippen LogP contribution is 2.11. The Morgan fingerprint density at radius 3 is 2.33 bits per heavy atom. The van der Waals surface area contributed by atoms with Crippen molar-refractivity contribution in [3.8, 4) is 0 Å². The van der Waals surface area contributed by atoms with Gasteiger partial charge in [0.05, 0.1) is 0 Å². The minimum Gasteiger partial charge on any atom is -0.444 e. The van der Waals surface area contributed by atoms with E-state index in [0.717, 1.165) is 19.3 Å². The summed E-state index contributed by atoms with van der Waals surface area (Å²) in [6, 6.07) is -0.637. The maximum absolute atomic E-state index is 12.5. The van der Waals surface area contributed by atoms with E-state index in [-0.39, 0.29) is 11.7 Å². The van der Waals surface area contributed by atoms with Crippen LogP contribution in [0.5, 0.6) is 0 Å². The Morgan fingerprint density at radius 2 is 1.83 bits per heavy atom. The van der Waals surface area contributed by atoms with Gasteiger partial charge in [0.25, 0.3) is 0 Å². The second-order valence-corrected chi connectivity index (χ2v) is 7.01. The van der Waals surface area contributed by atoms with E-state index < -0.39 is 17.7 Å². The smallest absolute Gasteiger partial charge is 0.408 e. The molecule has 0 aliphatic heterocycles. The molecule has 1 unspecified atom stereocenters. The van der Waals surface area contributed by atoms with Gasteiger partial charge in [0.1, 0.15) is 17.4 Å². The second kappa shape index (κ2) is 10.8. The Hall–Kier alpha value is -1.85. The molecule has 2 amide bonds. The zero-order valence-corrected chi connectivity index (χ0v) is 15.7. The Kier molecular flexibility index (Phi) is 10.0. The van der Waals surface area contributed by atoms with Gasteiger partial charge >= 0.3 is 6.09 Å². The summed E-state index contributed by atoms with van der Waals surface area (Å²) in [5, 5.41) is 2.66. The molecular weight excluding hydrogens is 308 g/mol. The number of carbonyl (C=O) groups is 3. The van der Waals surface area contributed by atoms with Crippen LogP contribution in [0, 0.1) is 0 Å². The third kappa shape index (κ3) is 10.8. The van der Waals surface area contributed by atoms with E-state index in [2.05, 4.69) is 11.9 Å². The van der Waals surface area contributed by atoms with E-state index in [4.69, 9.17) is 4.74 Å².